The van der Waals surface area contributed by atoms with E-state index in [1.54, 1.807) is 0 Å². The summed E-state index contributed by atoms with van der Waals surface area (Å²) in [5, 5.41) is 7.79. The molecule has 1 atom stereocenters. The van der Waals surface area contributed by atoms with Gasteiger partial charge in [-0.1, -0.05) is 25.9 Å². The molecule has 1 unspecified atom stereocenters. The SMILES string of the molecule is CCc1cc(C(=O)NCC(C(C)C)N2CCOCC2)c2c(C)noc2n1. The number of carbonyl (C=O) groups excluding carboxylic acids is 1. The number of nitrogens with zero attached hydrogens (tertiary/aromatic N) is 3. The number of aryl methyl sites for hydroxylation is 2. The maximum atomic E-state index is 12.9. The fourth-order valence-corrected chi connectivity index (χ4v) is 3.49. The third kappa shape index (κ3) is 3.88. The van der Waals surface area contributed by atoms with Gasteiger partial charge in [0, 0.05) is 31.4 Å². The zero-order chi connectivity index (χ0) is 18.7. The number of hydrogen-bond donors (Lipinski definition) is 1. The molecule has 1 saturated heterocycles. The second-order valence-electron chi connectivity index (χ2n) is 7.13. The minimum atomic E-state index is -0.0997. The molecule has 1 fully saturated rings. The van der Waals surface area contributed by atoms with Gasteiger partial charge in [-0.05, 0) is 25.3 Å². The Bertz CT molecular complexity index is 765. The van der Waals surface area contributed by atoms with E-state index in [4.69, 9.17) is 9.26 Å². The molecule has 3 heterocycles. The van der Waals surface area contributed by atoms with E-state index >= 15 is 0 Å². The summed E-state index contributed by atoms with van der Waals surface area (Å²) in [5.41, 5.74) is 2.54. The van der Waals surface area contributed by atoms with E-state index in [0.29, 0.717) is 34.8 Å². The smallest absolute Gasteiger partial charge is 0.258 e. The van der Waals surface area contributed by atoms with E-state index in [1.165, 1.54) is 0 Å². The van der Waals surface area contributed by atoms with Gasteiger partial charge < -0.3 is 14.6 Å². The van der Waals surface area contributed by atoms with Crippen LogP contribution in [0.5, 0.6) is 0 Å². The lowest BCUT2D eigenvalue weighted by Crippen LogP contribution is -2.51. The first-order valence-electron chi connectivity index (χ1n) is 9.37. The predicted octanol–water partition coefficient (Wildman–Crippen LogP) is 2.18. The monoisotopic (exact) mass is 360 g/mol. The van der Waals surface area contributed by atoms with Gasteiger partial charge in [0.1, 0.15) is 0 Å². The molecule has 2 aromatic heterocycles. The summed E-state index contributed by atoms with van der Waals surface area (Å²) in [6.07, 6.45) is 0.734. The van der Waals surface area contributed by atoms with Gasteiger partial charge in [0.05, 0.1) is 29.9 Å². The lowest BCUT2D eigenvalue weighted by molar-refractivity contribution is 0.00673. The van der Waals surface area contributed by atoms with Gasteiger partial charge in [-0.25, -0.2) is 4.98 Å². The molecule has 142 valence electrons. The molecular weight excluding hydrogens is 332 g/mol. The fourth-order valence-electron chi connectivity index (χ4n) is 3.49. The number of nitrogens with one attached hydrogen (secondary N) is 1. The Labute approximate surface area is 154 Å². The highest BCUT2D eigenvalue weighted by molar-refractivity contribution is 6.06. The zero-order valence-electron chi connectivity index (χ0n) is 16.0. The molecule has 0 bridgehead atoms. The van der Waals surface area contributed by atoms with Crippen molar-refractivity contribution >= 4 is 17.0 Å². The number of rotatable bonds is 6. The second-order valence-corrected chi connectivity index (χ2v) is 7.13. The van der Waals surface area contributed by atoms with Crippen molar-refractivity contribution in [2.45, 2.75) is 40.2 Å². The minimum Gasteiger partial charge on any atom is -0.379 e. The standard InChI is InChI=1S/C19H28N4O3/c1-5-14-10-15(17-13(4)22-26-19(17)21-14)18(24)20-11-16(12(2)3)23-6-8-25-9-7-23/h10,12,16H,5-9,11H2,1-4H3,(H,20,24). The van der Waals surface area contributed by atoms with Crippen molar-refractivity contribution in [1.82, 2.24) is 20.4 Å². The number of morpholine rings is 1. The molecule has 0 radical (unpaired) electrons. The number of amides is 1. The molecule has 0 aromatic carbocycles. The van der Waals surface area contributed by atoms with Gasteiger partial charge in [0.25, 0.3) is 11.6 Å². The van der Waals surface area contributed by atoms with Crippen LogP contribution in [0.15, 0.2) is 10.6 Å². The van der Waals surface area contributed by atoms with Crippen LogP contribution in [-0.4, -0.2) is 59.8 Å². The average Bonchev–Trinajstić information content (AvgIpc) is 3.02. The average molecular weight is 360 g/mol. The number of carbonyl (C=O) groups is 1. The molecule has 1 aliphatic heterocycles. The van der Waals surface area contributed by atoms with Gasteiger partial charge >= 0.3 is 0 Å². The van der Waals surface area contributed by atoms with E-state index in [-0.39, 0.29) is 11.9 Å². The van der Waals surface area contributed by atoms with Crippen LogP contribution in [0.2, 0.25) is 0 Å². The van der Waals surface area contributed by atoms with Crippen molar-refractivity contribution in [3.05, 3.63) is 23.0 Å². The van der Waals surface area contributed by atoms with E-state index < -0.39 is 0 Å². The minimum absolute atomic E-state index is 0.0997. The lowest BCUT2D eigenvalue weighted by Gasteiger charge is -2.36. The molecular formula is C19H28N4O3. The number of ether oxygens (including phenoxy) is 1. The van der Waals surface area contributed by atoms with E-state index in [1.807, 2.05) is 19.9 Å². The van der Waals surface area contributed by atoms with Gasteiger partial charge in [-0.2, -0.15) is 0 Å². The highest BCUT2D eigenvalue weighted by Gasteiger charge is 2.25. The van der Waals surface area contributed by atoms with Crippen molar-refractivity contribution in [2.75, 3.05) is 32.8 Å². The maximum absolute atomic E-state index is 12.9. The molecule has 0 saturated carbocycles. The first kappa shape index (κ1) is 18.8. The third-order valence-corrected chi connectivity index (χ3v) is 5.03. The van der Waals surface area contributed by atoms with Crippen molar-refractivity contribution < 1.29 is 14.1 Å². The normalized spacial score (nSPS) is 17.0. The van der Waals surface area contributed by atoms with E-state index in [2.05, 4.69) is 34.2 Å². The van der Waals surface area contributed by atoms with Crippen LogP contribution in [0.1, 0.15) is 42.5 Å². The molecule has 2 aromatic rings. The van der Waals surface area contributed by atoms with Crippen LogP contribution >= 0.6 is 0 Å². The lowest BCUT2D eigenvalue weighted by atomic mass is 10.0. The summed E-state index contributed by atoms with van der Waals surface area (Å²) in [7, 11) is 0. The van der Waals surface area contributed by atoms with E-state index in [9.17, 15) is 4.79 Å². The van der Waals surface area contributed by atoms with Gasteiger partial charge in [-0.15, -0.1) is 0 Å². The first-order valence-corrected chi connectivity index (χ1v) is 9.37. The van der Waals surface area contributed by atoms with Crippen LogP contribution in [0.3, 0.4) is 0 Å². The summed E-state index contributed by atoms with van der Waals surface area (Å²) in [6.45, 7) is 12.1. The summed E-state index contributed by atoms with van der Waals surface area (Å²) in [6, 6.07) is 2.13. The fraction of sp³-hybridized carbons (Fsp3) is 0.632. The summed E-state index contributed by atoms with van der Waals surface area (Å²) in [5.74, 6) is 0.340. The second kappa shape index (κ2) is 8.14. The van der Waals surface area contributed by atoms with Crippen molar-refractivity contribution in [1.29, 1.82) is 0 Å². The molecule has 0 aliphatic carbocycles. The predicted molar refractivity (Wildman–Crippen MR) is 99.3 cm³/mol. The Morgan fingerprint density at radius 1 is 1.35 bits per heavy atom. The number of aromatic nitrogens is 2. The highest BCUT2D eigenvalue weighted by Crippen LogP contribution is 2.22. The summed E-state index contributed by atoms with van der Waals surface area (Å²) in [4.78, 5) is 19.8. The Kier molecular flexibility index (Phi) is 5.88. The number of pyridine rings is 1. The molecule has 26 heavy (non-hydrogen) atoms. The molecule has 3 rings (SSSR count). The summed E-state index contributed by atoms with van der Waals surface area (Å²) >= 11 is 0. The number of fused-ring (bicyclic) bond motifs is 1. The van der Waals surface area contributed by atoms with E-state index in [0.717, 1.165) is 38.4 Å². The molecule has 0 spiro atoms. The molecule has 7 nitrogen and oxygen atoms in total. The quantitative estimate of drug-likeness (QED) is 0.850. The van der Waals surface area contributed by atoms with Gasteiger partial charge in [0.2, 0.25) is 0 Å². The van der Waals surface area contributed by atoms with Crippen molar-refractivity contribution in [3.63, 3.8) is 0 Å². The van der Waals surface area contributed by atoms with Gasteiger partial charge in [0.15, 0.2) is 0 Å². The molecule has 1 aliphatic rings. The van der Waals surface area contributed by atoms with Crippen molar-refractivity contribution in [3.8, 4) is 0 Å². The Morgan fingerprint density at radius 3 is 2.73 bits per heavy atom. The van der Waals surface area contributed by atoms with Crippen LogP contribution in [-0.2, 0) is 11.2 Å². The summed E-state index contributed by atoms with van der Waals surface area (Å²) < 4.78 is 10.7. The third-order valence-electron chi connectivity index (χ3n) is 5.03. The largest absolute Gasteiger partial charge is 0.379 e. The number of hydrogen-bond acceptors (Lipinski definition) is 6. The zero-order valence-corrected chi connectivity index (χ0v) is 16.0. The highest BCUT2D eigenvalue weighted by atomic mass is 16.5. The van der Waals surface area contributed by atoms with Gasteiger partial charge in [-0.3, -0.25) is 9.69 Å². The van der Waals surface area contributed by atoms with Crippen molar-refractivity contribution in [2.24, 2.45) is 5.92 Å². The van der Waals surface area contributed by atoms with Crippen LogP contribution in [0.4, 0.5) is 0 Å². The van der Waals surface area contributed by atoms with Crippen LogP contribution in [0, 0.1) is 12.8 Å². The van der Waals surface area contributed by atoms with Crippen LogP contribution in [0.25, 0.3) is 11.1 Å². The first-order chi connectivity index (χ1) is 12.5. The molecule has 7 heteroatoms. The Morgan fingerprint density at radius 2 is 2.08 bits per heavy atom. The van der Waals surface area contributed by atoms with Crippen LogP contribution < -0.4 is 5.32 Å². The topological polar surface area (TPSA) is 80.5 Å². The molecule has 1 N–H and O–H groups in total. The maximum Gasteiger partial charge on any atom is 0.258 e. The Hall–Kier alpha value is -1.99. The molecule has 1 amide bonds. The Balaban J connectivity index is 1.78.